The minimum atomic E-state index is 0.0841. The van der Waals surface area contributed by atoms with Gasteiger partial charge < -0.3 is 18.9 Å². The van der Waals surface area contributed by atoms with Crippen molar-refractivity contribution in [2.45, 2.75) is 58.0 Å². The van der Waals surface area contributed by atoms with Crippen molar-refractivity contribution >= 4 is 12.0 Å². The third-order valence-electron chi connectivity index (χ3n) is 6.53. The van der Waals surface area contributed by atoms with E-state index in [2.05, 4.69) is 36.6 Å². The maximum Gasteiger partial charge on any atom is 0.247 e. The number of carbonyl (C=O) groups is 1. The van der Waals surface area contributed by atoms with Gasteiger partial charge in [0.05, 0.1) is 19.3 Å². The van der Waals surface area contributed by atoms with Crippen molar-refractivity contribution < 1.29 is 14.3 Å². The van der Waals surface area contributed by atoms with Crippen molar-refractivity contribution in [2.24, 2.45) is 0 Å². The van der Waals surface area contributed by atoms with Crippen molar-refractivity contribution in [1.29, 1.82) is 0 Å². The Kier molecular flexibility index (Phi) is 5.05. The Labute approximate surface area is 178 Å². The Morgan fingerprint density at radius 3 is 2.63 bits per heavy atom. The lowest BCUT2D eigenvalue weighted by Crippen LogP contribution is -2.28. The molecule has 1 amide bonds. The first-order chi connectivity index (χ1) is 14.6. The highest BCUT2D eigenvalue weighted by atomic mass is 16.5. The van der Waals surface area contributed by atoms with E-state index in [4.69, 9.17) is 9.47 Å². The Morgan fingerprint density at radius 1 is 1.03 bits per heavy atom. The molecule has 3 heterocycles. The molecule has 0 N–H and O–H groups in total. The highest BCUT2D eigenvalue weighted by Gasteiger charge is 2.30. The Balaban J connectivity index is 1.34. The van der Waals surface area contributed by atoms with E-state index in [1.807, 2.05) is 17.0 Å². The number of hydrogen-bond acceptors (Lipinski definition) is 3. The lowest BCUT2D eigenvalue weighted by molar-refractivity contribution is -0.126. The number of likely N-dealkylation sites (tertiary alicyclic amines) is 1. The first kappa shape index (κ1) is 19.3. The summed E-state index contributed by atoms with van der Waals surface area (Å²) in [5, 5.41) is 0. The minimum Gasteiger partial charge on any atom is -0.490 e. The van der Waals surface area contributed by atoms with E-state index in [0.29, 0.717) is 19.3 Å². The summed E-state index contributed by atoms with van der Waals surface area (Å²) >= 11 is 0. The monoisotopic (exact) mass is 406 g/mol. The zero-order chi connectivity index (χ0) is 20.7. The molecule has 2 aromatic rings. The topological polar surface area (TPSA) is 43.7 Å². The molecule has 2 aliphatic heterocycles. The number of ether oxygens (including phenoxy) is 2. The lowest BCUT2D eigenvalue weighted by Gasteiger charge is -2.24. The zero-order valence-electron chi connectivity index (χ0n) is 17.9. The summed E-state index contributed by atoms with van der Waals surface area (Å²) in [5.41, 5.74) is 4.83. The van der Waals surface area contributed by atoms with Gasteiger partial charge in [0, 0.05) is 36.5 Å². The summed E-state index contributed by atoms with van der Waals surface area (Å²) in [6, 6.07) is 9.08. The van der Waals surface area contributed by atoms with E-state index in [1.165, 1.54) is 24.2 Å². The minimum absolute atomic E-state index is 0.0841. The van der Waals surface area contributed by atoms with Crippen LogP contribution < -0.4 is 9.47 Å². The van der Waals surface area contributed by atoms with Gasteiger partial charge in [-0.1, -0.05) is 6.07 Å². The Hall–Kier alpha value is -2.69. The third kappa shape index (κ3) is 3.62. The van der Waals surface area contributed by atoms with Crippen molar-refractivity contribution in [3.05, 3.63) is 52.9 Å². The standard InChI is InChI=1S/C25H30N2O3/c1-17-15-19(18(2)27(17)21-8-9-21)7-11-25(28)26-12-3-5-22(26)20-6-10-23-24(16-20)30-14-4-13-29-23/h6-7,10-11,15-16,21-22H,3-5,8-9,12-14H2,1-2H3. The fourth-order valence-electron chi connectivity index (χ4n) is 4.89. The number of hydrogen-bond donors (Lipinski definition) is 0. The molecule has 5 nitrogen and oxygen atoms in total. The first-order valence-electron chi connectivity index (χ1n) is 11.2. The van der Waals surface area contributed by atoms with Gasteiger partial charge >= 0.3 is 0 Å². The fraction of sp³-hybridized carbons (Fsp3) is 0.480. The third-order valence-corrected chi connectivity index (χ3v) is 6.53. The van der Waals surface area contributed by atoms with E-state index >= 15 is 0 Å². The largest absolute Gasteiger partial charge is 0.490 e. The molecule has 1 unspecified atom stereocenters. The molecule has 0 spiro atoms. The molecule has 1 atom stereocenters. The molecule has 30 heavy (non-hydrogen) atoms. The van der Waals surface area contributed by atoms with Crippen LogP contribution in [-0.2, 0) is 4.79 Å². The van der Waals surface area contributed by atoms with Crippen LogP contribution in [0, 0.1) is 13.8 Å². The van der Waals surface area contributed by atoms with Crippen LogP contribution in [0.2, 0.25) is 0 Å². The van der Waals surface area contributed by atoms with Crippen LogP contribution in [0.4, 0.5) is 0 Å². The SMILES string of the molecule is Cc1cc(C=CC(=O)N2CCCC2c2ccc3c(c2)OCCCO3)c(C)n1C1CC1. The molecule has 2 fully saturated rings. The molecule has 3 aliphatic rings. The number of nitrogens with zero attached hydrogens (tertiary/aromatic N) is 2. The quantitative estimate of drug-likeness (QED) is 0.673. The number of benzene rings is 1. The van der Waals surface area contributed by atoms with E-state index in [9.17, 15) is 4.79 Å². The average molecular weight is 407 g/mol. The van der Waals surface area contributed by atoms with Gasteiger partial charge in [-0.05, 0) is 74.9 Å². The van der Waals surface area contributed by atoms with Gasteiger partial charge in [-0.15, -0.1) is 0 Å². The van der Waals surface area contributed by atoms with Gasteiger partial charge in [0.2, 0.25) is 5.91 Å². The number of fused-ring (bicyclic) bond motifs is 1. The van der Waals surface area contributed by atoms with Gasteiger partial charge in [-0.2, -0.15) is 0 Å². The highest BCUT2D eigenvalue weighted by molar-refractivity contribution is 5.92. The Bertz CT molecular complexity index is 987. The van der Waals surface area contributed by atoms with Crippen LogP contribution in [0.3, 0.4) is 0 Å². The van der Waals surface area contributed by atoms with Gasteiger partial charge in [0.15, 0.2) is 11.5 Å². The summed E-state index contributed by atoms with van der Waals surface area (Å²) in [6.07, 6.45) is 9.18. The predicted molar refractivity (Wildman–Crippen MR) is 117 cm³/mol. The van der Waals surface area contributed by atoms with Crippen molar-refractivity contribution in [2.75, 3.05) is 19.8 Å². The molecule has 1 aromatic carbocycles. The number of amides is 1. The van der Waals surface area contributed by atoms with Crippen LogP contribution in [-0.4, -0.2) is 35.1 Å². The maximum atomic E-state index is 13.1. The second-order valence-electron chi connectivity index (χ2n) is 8.71. The zero-order valence-corrected chi connectivity index (χ0v) is 17.9. The molecule has 1 saturated heterocycles. The van der Waals surface area contributed by atoms with E-state index in [-0.39, 0.29) is 11.9 Å². The summed E-state index contributed by atoms with van der Waals surface area (Å²) in [5.74, 6) is 1.69. The first-order valence-corrected chi connectivity index (χ1v) is 11.2. The summed E-state index contributed by atoms with van der Waals surface area (Å²) in [6.45, 7) is 6.47. The Morgan fingerprint density at radius 2 is 1.83 bits per heavy atom. The van der Waals surface area contributed by atoms with Crippen LogP contribution in [0.5, 0.6) is 11.5 Å². The fourth-order valence-corrected chi connectivity index (χ4v) is 4.89. The van der Waals surface area contributed by atoms with Crippen molar-refractivity contribution in [3.8, 4) is 11.5 Å². The smallest absolute Gasteiger partial charge is 0.247 e. The van der Waals surface area contributed by atoms with Gasteiger partial charge in [0.1, 0.15) is 0 Å². The van der Waals surface area contributed by atoms with Crippen LogP contribution >= 0.6 is 0 Å². The lowest BCUT2D eigenvalue weighted by atomic mass is 10.0. The predicted octanol–water partition coefficient (Wildman–Crippen LogP) is 4.98. The molecule has 1 aliphatic carbocycles. The highest BCUT2D eigenvalue weighted by Crippen LogP contribution is 2.39. The summed E-state index contributed by atoms with van der Waals surface area (Å²) in [4.78, 5) is 15.1. The van der Waals surface area contributed by atoms with E-state index < -0.39 is 0 Å². The summed E-state index contributed by atoms with van der Waals surface area (Å²) in [7, 11) is 0. The molecule has 1 saturated carbocycles. The summed E-state index contributed by atoms with van der Waals surface area (Å²) < 4.78 is 14.0. The van der Waals surface area contributed by atoms with Crippen molar-refractivity contribution in [1.82, 2.24) is 9.47 Å². The normalized spacial score (nSPS) is 21.3. The maximum absolute atomic E-state index is 13.1. The van der Waals surface area contributed by atoms with Gasteiger partial charge in [-0.25, -0.2) is 0 Å². The second kappa shape index (κ2) is 7.86. The van der Waals surface area contributed by atoms with Crippen LogP contribution in [0.1, 0.15) is 66.7 Å². The van der Waals surface area contributed by atoms with E-state index in [0.717, 1.165) is 48.4 Å². The van der Waals surface area contributed by atoms with Gasteiger partial charge in [0.25, 0.3) is 0 Å². The molecule has 5 rings (SSSR count). The molecular weight excluding hydrogens is 376 g/mol. The van der Waals surface area contributed by atoms with Crippen LogP contribution in [0.15, 0.2) is 30.3 Å². The van der Waals surface area contributed by atoms with E-state index in [1.54, 1.807) is 6.08 Å². The molecule has 0 radical (unpaired) electrons. The number of rotatable bonds is 4. The molecule has 0 bridgehead atoms. The molecule has 1 aromatic heterocycles. The number of aryl methyl sites for hydroxylation is 1. The molecule has 5 heteroatoms. The van der Waals surface area contributed by atoms with Gasteiger partial charge in [-0.3, -0.25) is 4.79 Å². The van der Waals surface area contributed by atoms with Crippen LogP contribution in [0.25, 0.3) is 6.08 Å². The second-order valence-corrected chi connectivity index (χ2v) is 8.71. The number of aromatic nitrogens is 1. The average Bonchev–Trinajstić information content (AvgIpc) is 3.43. The molecule has 158 valence electrons. The molecular formula is C25H30N2O3. The number of carbonyl (C=O) groups excluding carboxylic acids is 1. The van der Waals surface area contributed by atoms with Crippen molar-refractivity contribution in [3.63, 3.8) is 0 Å².